The van der Waals surface area contributed by atoms with Crippen molar-refractivity contribution in [2.24, 2.45) is 0 Å². The Labute approximate surface area is 215 Å². The van der Waals surface area contributed by atoms with E-state index in [1.54, 1.807) is 6.20 Å². The molecule has 6 rings (SSSR count). The Morgan fingerprint density at radius 2 is 1.84 bits per heavy atom. The van der Waals surface area contributed by atoms with Gasteiger partial charge in [0, 0.05) is 44.8 Å². The molecule has 11 nitrogen and oxygen atoms in total. The van der Waals surface area contributed by atoms with E-state index in [9.17, 15) is 13.2 Å². The summed E-state index contributed by atoms with van der Waals surface area (Å²) in [4.78, 5) is 27.1. The van der Waals surface area contributed by atoms with Crippen LogP contribution in [0, 0.1) is 0 Å². The van der Waals surface area contributed by atoms with Gasteiger partial charge in [0.15, 0.2) is 5.65 Å². The van der Waals surface area contributed by atoms with Gasteiger partial charge in [-0.1, -0.05) is 24.3 Å². The van der Waals surface area contributed by atoms with E-state index in [0.717, 1.165) is 23.1 Å². The second-order valence-corrected chi connectivity index (χ2v) is 11.6. The summed E-state index contributed by atoms with van der Waals surface area (Å²) in [5, 5.41) is 5.16. The first-order valence-electron chi connectivity index (χ1n) is 12.5. The third kappa shape index (κ3) is 4.77. The third-order valence-electron chi connectivity index (χ3n) is 7.16. The molecule has 0 amide bonds. The minimum Gasteiger partial charge on any atom is -0.378 e. The number of benzene rings is 1. The Kier molecular flexibility index (Phi) is 6.27. The lowest BCUT2D eigenvalue weighted by atomic mass is 10.0. The number of rotatable bonds is 5. The Bertz CT molecular complexity index is 1490. The van der Waals surface area contributed by atoms with E-state index >= 15 is 0 Å². The lowest BCUT2D eigenvalue weighted by molar-refractivity contribution is 0.0809. The molecule has 0 bridgehead atoms. The molecule has 0 spiro atoms. The molecule has 2 saturated heterocycles. The maximum absolute atomic E-state index is 13.4. The van der Waals surface area contributed by atoms with Crippen LogP contribution in [-0.2, 0) is 21.2 Å². The highest BCUT2D eigenvalue weighted by atomic mass is 32.2. The average molecular weight is 524 g/mol. The second-order valence-electron chi connectivity index (χ2n) is 9.62. The minimum absolute atomic E-state index is 0.130. The van der Waals surface area contributed by atoms with Crippen molar-refractivity contribution in [1.29, 1.82) is 0 Å². The largest absolute Gasteiger partial charge is 0.378 e. The minimum atomic E-state index is -3.23. The van der Waals surface area contributed by atoms with Gasteiger partial charge in [-0.25, -0.2) is 13.4 Å². The van der Waals surface area contributed by atoms with Gasteiger partial charge in [-0.2, -0.15) is 19.1 Å². The smallest absolute Gasteiger partial charge is 0.263 e. The molecule has 4 heterocycles. The lowest BCUT2D eigenvalue weighted by Gasteiger charge is -2.32. The molecule has 0 radical (unpaired) electrons. The van der Waals surface area contributed by atoms with E-state index in [1.807, 2.05) is 4.90 Å². The fraction of sp³-hybridized carbons (Fsp3) is 0.440. The molecule has 3 aliphatic rings. The van der Waals surface area contributed by atoms with E-state index in [2.05, 4.69) is 40.3 Å². The number of piperazine rings is 1. The summed E-state index contributed by atoms with van der Waals surface area (Å²) in [6.45, 7) is 4.38. The Balaban J connectivity index is 1.33. The van der Waals surface area contributed by atoms with Gasteiger partial charge in [-0.3, -0.25) is 9.69 Å². The molecular formula is C25H29N7O4S. The number of anilines is 1. The number of sulfonamides is 1. The molecular weight excluding hydrogens is 494 g/mol. The number of morpholine rings is 1. The van der Waals surface area contributed by atoms with Crippen LogP contribution in [0.15, 0.2) is 30.5 Å². The van der Waals surface area contributed by atoms with Crippen molar-refractivity contribution < 1.29 is 17.9 Å². The molecule has 0 N–H and O–H groups in total. The van der Waals surface area contributed by atoms with Gasteiger partial charge >= 0.3 is 0 Å². The summed E-state index contributed by atoms with van der Waals surface area (Å²) in [6, 6.07) is 6.31. The van der Waals surface area contributed by atoms with Crippen molar-refractivity contribution in [2.75, 3.05) is 70.2 Å². The highest BCUT2D eigenvalue weighted by Gasteiger charge is 2.27. The van der Waals surface area contributed by atoms with Crippen molar-refractivity contribution in [1.82, 2.24) is 29.0 Å². The van der Waals surface area contributed by atoms with Gasteiger partial charge in [0.1, 0.15) is 0 Å². The van der Waals surface area contributed by atoms with Crippen LogP contribution in [0.5, 0.6) is 0 Å². The van der Waals surface area contributed by atoms with E-state index in [4.69, 9.17) is 14.7 Å². The maximum Gasteiger partial charge on any atom is 0.263 e. The number of carbonyl (C=O) groups is 1. The molecule has 2 aliphatic heterocycles. The lowest BCUT2D eigenvalue weighted by Crippen LogP contribution is -2.50. The van der Waals surface area contributed by atoms with Crippen LogP contribution < -0.4 is 4.90 Å². The second kappa shape index (κ2) is 9.60. The fourth-order valence-electron chi connectivity index (χ4n) is 5.09. The van der Waals surface area contributed by atoms with Gasteiger partial charge in [0.25, 0.3) is 5.91 Å². The number of carbonyl (C=O) groups excluding carboxylic acids is 1. The van der Waals surface area contributed by atoms with Crippen LogP contribution in [0.4, 0.5) is 5.95 Å². The molecule has 1 aliphatic carbocycles. The van der Waals surface area contributed by atoms with Crippen molar-refractivity contribution in [2.45, 2.75) is 6.42 Å². The molecule has 12 heteroatoms. The van der Waals surface area contributed by atoms with Crippen LogP contribution in [-0.4, -0.2) is 109 Å². The summed E-state index contributed by atoms with van der Waals surface area (Å²) in [7, 11) is -3.23. The van der Waals surface area contributed by atoms with Crippen molar-refractivity contribution in [3.05, 3.63) is 41.6 Å². The van der Waals surface area contributed by atoms with Gasteiger partial charge < -0.3 is 9.64 Å². The average Bonchev–Trinajstić information content (AvgIpc) is 3.55. The summed E-state index contributed by atoms with van der Waals surface area (Å²) in [5.41, 5.74) is 4.65. The van der Waals surface area contributed by atoms with E-state index in [0.29, 0.717) is 64.1 Å². The first-order valence-corrected chi connectivity index (χ1v) is 14.3. The number of hydrogen-bond donors (Lipinski definition) is 0. The quantitative estimate of drug-likeness (QED) is 0.485. The zero-order valence-corrected chi connectivity index (χ0v) is 21.5. The molecule has 194 valence electrons. The van der Waals surface area contributed by atoms with Crippen LogP contribution >= 0.6 is 0 Å². The third-order valence-corrected chi connectivity index (χ3v) is 8.46. The maximum atomic E-state index is 13.4. The first kappa shape index (κ1) is 24.2. The molecule has 0 unspecified atom stereocenters. The Morgan fingerprint density at radius 1 is 1.05 bits per heavy atom. The number of nitrogens with zero attached hydrogens (tertiary/aromatic N) is 7. The standard InChI is InChI=1S/C25H29N7O4S/c1-37(34,35)31-9-7-29(8-10-31)17-22(33)32-24-21(16-26-32)23(20-6-5-18-3-2-4-19(18)15-20)27-25(28-24)30-11-13-36-14-12-30/h2-3,5-6,15-16H,4,7-14,17H2,1H3. The predicted octanol–water partition coefficient (Wildman–Crippen LogP) is 1.12. The molecule has 2 aromatic heterocycles. The fourth-order valence-corrected chi connectivity index (χ4v) is 5.91. The zero-order chi connectivity index (χ0) is 25.6. The number of allylic oxidation sites excluding steroid dienone is 1. The number of aromatic nitrogens is 4. The number of ether oxygens (including phenoxy) is 1. The molecule has 0 atom stereocenters. The molecule has 0 saturated carbocycles. The van der Waals surface area contributed by atoms with Crippen LogP contribution in [0.25, 0.3) is 28.4 Å². The first-order chi connectivity index (χ1) is 17.9. The molecule has 3 aromatic rings. The topological polar surface area (TPSA) is 114 Å². The van der Waals surface area contributed by atoms with E-state index < -0.39 is 10.0 Å². The summed E-state index contributed by atoms with van der Waals surface area (Å²) in [5.74, 6) is 0.347. The molecule has 2 fully saturated rings. The van der Waals surface area contributed by atoms with Gasteiger partial charge in [0.05, 0.1) is 43.3 Å². The van der Waals surface area contributed by atoms with Gasteiger partial charge in [-0.15, -0.1) is 0 Å². The summed E-state index contributed by atoms with van der Waals surface area (Å²) < 4.78 is 32.0. The van der Waals surface area contributed by atoms with Crippen molar-refractivity contribution in [3.63, 3.8) is 0 Å². The highest BCUT2D eigenvalue weighted by molar-refractivity contribution is 7.88. The van der Waals surface area contributed by atoms with Crippen LogP contribution in [0.1, 0.15) is 15.9 Å². The van der Waals surface area contributed by atoms with Crippen molar-refractivity contribution >= 4 is 39.0 Å². The zero-order valence-electron chi connectivity index (χ0n) is 20.7. The monoisotopic (exact) mass is 523 g/mol. The van der Waals surface area contributed by atoms with Crippen molar-refractivity contribution in [3.8, 4) is 11.3 Å². The number of fused-ring (bicyclic) bond motifs is 2. The SMILES string of the molecule is CS(=O)(=O)N1CCN(CC(=O)n2ncc3c(-c4ccc5c(c4)CC=C5)nc(N4CCOCC4)nc32)CC1. The normalized spacial score (nSPS) is 19.0. The molecule has 37 heavy (non-hydrogen) atoms. The molecule has 1 aromatic carbocycles. The summed E-state index contributed by atoms with van der Waals surface area (Å²) >= 11 is 0. The van der Waals surface area contributed by atoms with Crippen LogP contribution in [0.3, 0.4) is 0 Å². The Hall–Kier alpha value is -3.19. The highest BCUT2D eigenvalue weighted by Crippen LogP contribution is 2.32. The number of hydrogen-bond acceptors (Lipinski definition) is 9. The van der Waals surface area contributed by atoms with Crippen LogP contribution in [0.2, 0.25) is 0 Å². The van der Waals surface area contributed by atoms with Gasteiger partial charge in [-0.05, 0) is 23.6 Å². The summed E-state index contributed by atoms with van der Waals surface area (Å²) in [6.07, 6.45) is 8.04. The van der Waals surface area contributed by atoms with E-state index in [-0.39, 0.29) is 12.5 Å². The Morgan fingerprint density at radius 3 is 2.59 bits per heavy atom. The predicted molar refractivity (Wildman–Crippen MR) is 140 cm³/mol. The van der Waals surface area contributed by atoms with Gasteiger partial charge in [0.2, 0.25) is 16.0 Å². The van der Waals surface area contributed by atoms with E-state index in [1.165, 1.54) is 26.4 Å².